The van der Waals surface area contributed by atoms with Crippen LogP contribution in [-0.4, -0.2) is 18.6 Å². The molecule has 0 aliphatic carbocycles. The van der Waals surface area contributed by atoms with Crippen LogP contribution in [0.1, 0.15) is 45.7 Å². The zero-order chi connectivity index (χ0) is 12.9. The van der Waals surface area contributed by atoms with Crippen LogP contribution in [0.4, 0.5) is 0 Å². The lowest BCUT2D eigenvalue weighted by Gasteiger charge is -2.27. The summed E-state index contributed by atoms with van der Waals surface area (Å²) in [6, 6.07) is 2.40. The fraction of sp³-hybridized carbons (Fsp3) is 0.643. The lowest BCUT2D eigenvalue weighted by atomic mass is 9.86. The van der Waals surface area contributed by atoms with Crippen molar-refractivity contribution in [2.75, 3.05) is 13.7 Å². The van der Waals surface area contributed by atoms with Gasteiger partial charge in [0.25, 0.3) is 0 Å². The van der Waals surface area contributed by atoms with Gasteiger partial charge in [-0.3, -0.25) is 4.98 Å². The molecule has 0 bridgehead atoms. The lowest BCUT2D eigenvalue weighted by Crippen LogP contribution is -2.25. The van der Waals surface area contributed by atoms with Gasteiger partial charge < -0.3 is 10.1 Å². The SMILES string of the molecule is CCNC(CC(C)(C)C)c1cncc(OC)c1. The van der Waals surface area contributed by atoms with Gasteiger partial charge in [-0.15, -0.1) is 0 Å². The maximum atomic E-state index is 5.22. The number of rotatable bonds is 5. The molecule has 0 spiro atoms. The van der Waals surface area contributed by atoms with E-state index in [9.17, 15) is 0 Å². The van der Waals surface area contributed by atoms with E-state index in [0.717, 1.165) is 18.7 Å². The summed E-state index contributed by atoms with van der Waals surface area (Å²) in [5, 5.41) is 3.51. The fourth-order valence-electron chi connectivity index (χ4n) is 1.90. The summed E-state index contributed by atoms with van der Waals surface area (Å²) in [6.45, 7) is 9.85. The molecule has 0 saturated carbocycles. The molecule has 0 aliphatic heterocycles. The van der Waals surface area contributed by atoms with Crippen molar-refractivity contribution in [1.29, 1.82) is 0 Å². The first-order valence-corrected chi connectivity index (χ1v) is 6.18. The van der Waals surface area contributed by atoms with Crippen molar-refractivity contribution in [2.24, 2.45) is 5.41 Å². The smallest absolute Gasteiger partial charge is 0.137 e. The van der Waals surface area contributed by atoms with Crippen LogP contribution in [0.3, 0.4) is 0 Å². The molecule has 17 heavy (non-hydrogen) atoms. The van der Waals surface area contributed by atoms with Gasteiger partial charge in [0, 0.05) is 12.2 Å². The second-order valence-corrected chi connectivity index (χ2v) is 5.53. The molecule has 0 saturated heterocycles. The first kappa shape index (κ1) is 14.0. The van der Waals surface area contributed by atoms with Crippen molar-refractivity contribution in [1.82, 2.24) is 10.3 Å². The van der Waals surface area contributed by atoms with Crippen molar-refractivity contribution >= 4 is 0 Å². The van der Waals surface area contributed by atoms with Gasteiger partial charge in [0.05, 0.1) is 13.3 Å². The monoisotopic (exact) mass is 236 g/mol. The van der Waals surface area contributed by atoms with Crippen LogP contribution in [0.15, 0.2) is 18.5 Å². The van der Waals surface area contributed by atoms with Crippen LogP contribution >= 0.6 is 0 Å². The number of methoxy groups -OCH3 is 1. The minimum atomic E-state index is 0.288. The Balaban J connectivity index is 2.88. The second kappa shape index (κ2) is 6.01. The minimum Gasteiger partial charge on any atom is -0.495 e. The maximum Gasteiger partial charge on any atom is 0.137 e. The zero-order valence-corrected chi connectivity index (χ0v) is 11.6. The highest BCUT2D eigenvalue weighted by Crippen LogP contribution is 2.30. The number of ether oxygens (including phenoxy) is 1. The van der Waals surface area contributed by atoms with Gasteiger partial charge in [-0.1, -0.05) is 27.7 Å². The third-order valence-corrected chi connectivity index (χ3v) is 2.64. The molecule has 1 N–H and O–H groups in total. The Morgan fingerprint density at radius 1 is 1.35 bits per heavy atom. The van der Waals surface area contributed by atoms with E-state index in [0.29, 0.717) is 6.04 Å². The number of pyridine rings is 1. The lowest BCUT2D eigenvalue weighted by molar-refractivity contribution is 0.313. The number of aromatic nitrogens is 1. The molecule has 1 heterocycles. The first-order valence-electron chi connectivity index (χ1n) is 6.18. The molecule has 0 radical (unpaired) electrons. The number of nitrogens with zero attached hydrogens (tertiary/aromatic N) is 1. The van der Waals surface area contributed by atoms with Crippen LogP contribution < -0.4 is 10.1 Å². The van der Waals surface area contributed by atoms with E-state index < -0.39 is 0 Å². The van der Waals surface area contributed by atoms with E-state index in [4.69, 9.17) is 4.74 Å². The third kappa shape index (κ3) is 4.73. The molecule has 0 amide bonds. The summed E-state index contributed by atoms with van der Waals surface area (Å²) in [6.07, 6.45) is 4.74. The van der Waals surface area contributed by atoms with Crippen molar-refractivity contribution in [3.05, 3.63) is 24.0 Å². The Bertz CT molecular complexity index is 344. The van der Waals surface area contributed by atoms with E-state index in [1.165, 1.54) is 5.56 Å². The van der Waals surface area contributed by atoms with Gasteiger partial charge in [0.15, 0.2) is 0 Å². The Kier molecular flexibility index (Phi) is 4.94. The average Bonchev–Trinajstić information content (AvgIpc) is 2.27. The summed E-state index contributed by atoms with van der Waals surface area (Å²) in [5.41, 5.74) is 1.48. The number of hydrogen-bond donors (Lipinski definition) is 1. The molecule has 0 aliphatic rings. The number of nitrogens with one attached hydrogen (secondary N) is 1. The summed E-state index contributed by atoms with van der Waals surface area (Å²) in [7, 11) is 1.67. The van der Waals surface area contributed by atoms with E-state index in [-0.39, 0.29) is 5.41 Å². The number of hydrogen-bond acceptors (Lipinski definition) is 3. The van der Waals surface area contributed by atoms with Crippen LogP contribution in [-0.2, 0) is 0 Å². The molecule has 1 atom stereocenters. The topological polar surface area (TPSA) is 34.2 Å². The second-order valence-electron chi connectivity index (χ2n) is 5.53. The summed E-state index contributed by atoms with van der Waals surface area (Å²) in [4.78, 5) is 4.22. The Morgan fingerprint density at radius 3 is 2.59 bits per heavy atom. The standard InChI is InChI=1S/C14H24N2O/c1-6-16-13(8-14(2,3)4)11-7-12(17-5)10-15-9-11/h7,9-10,13,16H,6,8H2,1-5H3. The molecule has 3 heteroatoms. The van der Waals surface area contributed by atoms with Gasteiger partial charge in [0.2, 0.25) is 0 Å². The summed E-state index contributed by atoms with van der Waals surface area (Å²) < 4.78 is 5.22. The molecular weight excluding hydrogens is 212 g/mol. The highest BCUT2D eigenvalue weighted by molar-refractivity contribution is 5.26. The fourth-order valence-corrected chi connectivity index (χ4v) is 1.90. The predicted molar refractivity (Wildman–Crippen MR) is 71.3 cm³/mol. The average molecular weight is 236 g/mol. The van der Waals surface area contributed by atoms with Crippen LogP contribution in [0.25, 0.3) is 0 Å². The molecule has 0 fully saturated rings. The molecule has 1 rings (SSSR count). The van der Waals surface area contributed by atoms with Crippen LogP contribution in [0.5, 0.6) is 5.75 Å². The third-order valence-electron chi connectivity index (χ3n) is 2.64. The van der Waals surface area contributed by atoms with Gasteiger partial charge in [-0.25, -0.2) is 0 Å². The molecule has 1 aromatic rings. The van der Waals surface area contributed by atoms with Crippen LogP contribution in [0, 0.1) is 5.41 Å². The van der Waals surface area contributed by atoms with Gasteiger partial charge in [0.1, 0.15) is 5.75 Å². The van der Waals surface area contributed by atoms with Crippen molar-refractivity contribution in [2.45, 2.75) is 40.2 Å². The maximum absolute atomic E-state index is 5.22. The van der Waals surface area contributed by atoms with Crippen LogP contribution in [0.2, 0.25) is 0 Å². The van der Waals surface area contributed by atoms with E-state index in [1.54, 1.807) is 13.3 Å². The molecule has 1 aromatic heterocycles. The molecule has 1 unspecified atom stereocenters. The first-order chi connectivity index (χ1) is 7.96. The van der Waals surface area contributed by atoms with Gasteiger partial charge >= 0.3 is 0 Å². The largest absolute Gasteiger partial charge is 0.495 e. The Hall–Kier alpha value is -1.09. The molecule has 96 valence electrons. The van der Waals surface area contributed by atoms with Gasteiger partial charge in [-0.2, -0.15) is 0 Å². The summed E-state index contributed by atoms with van der Waals surface area (Å²) >= 11 is 0. The summed E-state index contributed by atoms with van der Waals surface area (Å²) in [5.74, 6) is 0.819. The Labute approximate surface area is 105 Å². The molecule has 0 aromatic carbocycles. The minimum absolute atomic E-state index is 0.288. The van der Waals surface area contributed by atoms with Crippen molar-refractivity contribution < 1.29 is 4.74 Å². The Morgan fingerprint density at radius 2 is 2.06 bits per heavy atom. The van der Waals surface area contributed by atoms with E-state index >= 15 is 0 Å². The quantitative estimate of drug-likeness (QED) is 0.852. The predicted octanol–water partition coefficient (Wildman–Crippen LogP) is 3.18. The van der Waals surface area contributed by atoms with E-state index in [1.807, 2.05) is 6.20 Å². The van der Waals surface area contributed by atoms with Gasteiger partial charge in [-0.05, 0) is 30.0 Å². The normalized spacial score (nSPS) is 13.5. The van der Waals surface area contributed by atoms with E-state index in [2.05, 4.69) is 44.1 Å². The highest BCUT2D eigenvalue weighted by Gasteiger charge is 2.20. The van der Waals surface area contributed by atoms with Crippen molar-refractivity contribution in [3.8, 4) is 5.75 Å². The zero-order valence-electron chi connectivity index (χ0n) is 11.6. The highest BCUT2D eigenvalue weighted by atomic mass is 16.5. The molecule has 3 nitrogen and oxygen atoms in total. The van der Waals surface area contributed by atoms with Crippen molar-refractivity contribution in [3.63, 3.8) is 0 Å². The molecular formula is C14H24N2O.